The summed E-state index contributed by atoms with van der Waals surface area (Å²) in [5, 5.41) is 0. The average Bonchev–Trinajstić information content (AvgIpc) is 2.62. The third-order valence-electron chi connectivity index (χ3n) is 5.15. The van der Waals surface area contributed by atoms with E-state index in [-0.39, 0.29) is 0 Å². The summed E-state index contributed by atoms with van der Waals surface area (Å²) in [6, 6.07) is 9.04. The molecule has 2 nitrogen and oxygen atoms in total. The van der Waals surface area contributed by atoms with Crippen LogP contribution in [0.15, 0.2) is 29.3 Å². The van der Waals surface area contributed by atoms with Crippen LogP contribution in [0.25, 0.3) is 0 Å². The Bertz CT molecular complexity index is 775. The summed E-state index contributed by atoms with van der Waals surface area (Å²) in [4.78, 5) is 10.2. The lowest BCUT2D eigenvalue weighted by Crippen LogP contribution is -2.15. The lowest BCUT2D eigenvalue weighted by Gasteiger charge is -2.20. The highest BCUT2D eigenvalue weighted by Crippen LogP contribution is 2.31. The molecule has 0 atom stereocenters. The molecule has 0 radical (unpaired) electrons. The van der Waals surface area contributed by atoms with Crippen molar-refractivity contribution in [1.82, 2.24) is 4.98 Å². The fourth-order valence-corrected chi connectivity index (χ4v) is 3.70. The van der Waals surface area contributed by atoms with Gasteiger partial charge in [-0.3, -0.25) is 9.98 Å². The van der Waals surface area contributed by atoms with Gasteiger partial charge in [-0.15, -0.1) is 0 Å². The number of nitrogens with zero attached hydrogens (tertiary/aromatic N) is 2. The molecule has 1 heterocycles. The topological polar surface area (TPSA) is 25.2 Å². The predicted molar refractivity (Wildman–Crippen MR) is 107 cm³/mol. The number of pyridine rings is 1. The number of fused-ring (bicyclic) bond motifs is 1. The van der Waals surface area contributed by atoms with E-state index < -0.39 is 0 Å². The van der Waals surface area contributed by atoms with E-state index >= 15 is 0 Å². The van der Waals surface area contributed by atoms with E-state index in [0.717, 1.165) is 31.4 Å². The molecule has 1 aromatic carbocycles. The molecule has 1 aromatic heterocycles. The maximum Gasteiger partial charge on any atom is 0.0880 e. The second kappa shape index (κ2) is 7.51. The lowest BCUT2D eigenvalue weighted by molar-refractivity contribution is 0.786. The molecule has 1 aliphatic carbocycles. The minimum absolute atomic E-state index is 0.449. The van der Waals surface area contributed by atoms with Crippen molar-refractivity contribution in [2.45, 2.75) is 72.6 Å². The highest BCUT2D eigenvalue weighted by molar-refractivity contribution is 6.02. The van der Waals surface area contributed by atoms with Gasteiger partial charge in [-0.05, 0) is 67.7 Å². The van der Waals surface area contributed by atoms with Gasteiger partial charge in [0, 0.05) is 5.69 Å². The zero-order chi connectivity index (χ0) is 18.0. The summed E-state index contributed by atoms with van der Waals surface area (Å²) in [5.74, 6) is 0.449. The number of hydrogen-bond acceptors (Lipinski definition) is 2. The molecule has 0 spiro atoms. The van der Waals surface area contributed by atoms with Crippen molar-refractivity contribution in [2.75, 3.05) is 0 Å². The third kappa shape index (κ3) is 3.68. The normalized spacial score (nSPS) is 15.7. The number of hydrogen-bond donors (Lipinski definition) is 0. The van der Waals surface area contributed by atoms with Crippen LogP contribution in [-0.4, -0.2) is 10.7 Å². The van der Waals surface area contributed by atoms with Gasteiger partial charge in [-0.2, -0.15) is 0 Å². The smallest absolute Gasteiger partial charge is 0.0880 e. The van der Waals surface area contributed by atoms with Crippen LogP contribution in [0.2, 0.25) is 0 Å². The van der Waals surface area contributed by atoms with Crippen molar-refractivity contribution < 1.29 is 0 Å². The van der Waals surface area contributed by atoms with Crippen molar-refractivity contribution >= 4 is 11.4 Å². The molecule has 0 aliphatic heterocycles. The minimum Gasteiger partial charge on any atom is -0.251 e. The zero-order valence-electron chi connectivity index (χ0n) is 16.3. The van der Waals surface area contributed by atoms with E-state index in [4.69, 9.17) is 9.98 Å². The molecule has 2 heteroatoms. The van der Waals surface area contributed by atoms with Crippen molar-refractivity contribution in [1.29, 1.82) is 0 Å². The van der Waals surface area contributed by atoms with Gasteiger partial charge in [-0.1, -0.05) is 51.5 Å². The van der Waals surface area contributed by atoms with Crippen LogP contribution < -0.4 is 0 Å². The molecule has 25 heavy (non-hydrogen) atoms. The number of aromatic nitrogens is 1. The van der Waals surface area contributed by atoms with Gasteiger partial charge in [0.2, 0.25) is 0 Å². The van der Waals surface area contributed by atoms with Gasteiger partial charge in [-0.25, -0.2) is 0 Å². The van der Waals surface area contributed by atoms with E-state index in [2.05, 4.69) is 58.9 Å². The first-order valence-corrected chi connectivity index (χ1v) is 9.73. The third-order valence-corrected chi connectivity index (χ3v) is 5.15. The average molecular weight is 335 g/mol. The van der Waals surface area contributed by atoms with Gasteiger partial charge in [0.05, 0.1) is 17.1 Å². The Morgan fingerprint density at radius 1 is 1.04 bits per heavy atom. The molecule has 3 rings (SSSR count). The van der Waals surface area contributed by atoms with E-state index in [9.17, 15) is 0 Å². The Labute approximate surface area is 152 Å². The van der Waals surface area contributed by atoms with E-state index in [1.165, 1.54) is 45.8 Å². The monoisotopic (exact) mass is 334 g/mol. The second-order valence-corrected chi connectivity index (χ2v) is 7.45. The molecule has 1 aliphatic rings. The molecule has 0 fully saturated rings. The molecular weight excluding hydrogens is 304 g/mol. The first-order chi connectivity index (χ1) is 12.0. The maximum absolute atomic E-state index is 5.20. The standard InChI is InChI=1S/C23H30N2/c1-6-17-13-16(5)14-18(7-2)22(17)25-21-10-8-9-19-11-12-20(15(3)4)24-23(19)21/h11-15H,6-10H2,1-5H3. The van der Waals surface area contributed by atoms with Gasteiger partial charge in [0.1, 0.15) is 0 Å². The summed E-state index contributed by atoms with van der Waals surface area (Å²) < 4.78 is 0. The van der Waals surface area contributed by atoms with Crippen LogP contribution in [0, 0.1) is 6.92 Å². The van der Waals surface area contributed by atoms with Crippen LogP contribution in [0.4, 0.5) is 5.69 Å². The quantitative estimate of drug-likeness (QED) is 0.663. The molecule has 0 unspecified atom stereocenters. The zero-order valence-corrected chi connectivity index (χ0v) is 16.3. The van der Waals surface area contributed by atoms with Crippen molar-refractivity contribution in [2.24, 2.45) is 4.99 Å². The van der Waals surface area contributed by atoms with Crippen LogP contribution in [0.5, 0.6) is 0 Å². The summed E-state index contributed by atoms with van der Waals surface area (Å²) in [6.07, 6.45) is 5.36. The van der Waals surface area contributed by atoms with Crippen molar-refractivity contribution in [3.63, 3.8) is 0 Å². The number of benzene rings is 1. The van der Waals surface area contributed by atoms with Gasteiger partial charge >= 0.3 is 0 Å². The Hall–Kier alpha value is -1.96. The molecule has 0 N–H and O–H groups in total. The van der Waals surface area contributed by atoms with Crippen molar-refractivity contribution in [3.8, 4) is 0 Å². The largest absolute Gasteiger partial charge is 0.251 e. The second-order valence-electron chi connectivity index (χ2n) is 7.45. The van der Waals surface area contributed by atoms with Gasteiger partial charge < -0.3 is 0 Å². The van der Waals surface area contributed by atoms with E-state index in [0.29, 0.717) is 5.92 Å². The minimum atomic E-state index is 0.449. The molecule has 0 bridgehead atoms. The molecule has 0 amide bonds. The molecule has 0 saturated carbocycles. The lowest BCUT2D eigenvalue weighted by atomic mass is 9.92. The van der Waals surface area contributed by atoms with Crippen LogP contribution in [0.1, 0.15) is 80.1 Å². The van der Waals surface area contributed by atoms with E-state index in [1.807, 2.05) is 0 Å². The van der Waals surface area contributed by atoms with Crippen molar-refractivity contribution in [3.05, 3.63) is 57.9 Å². The fraction of sp³-hybridized carbons (Fsp3) is 0.478. The Balaban J connectivity index is 2.14. The fourth-order valence-electron chi connectivity index (χ4n) is 3.70. The summed E-state index contributed by atoms with van der Waals surface area (Å²) in [7, 11) is 0. The Kier molecular flexibility index (Phi) is 5.36. The summed E-state index contributed by atoms with van der Waals surface area (Å²) in [6.45, 7) is 11.0. The highest BCUT2D eigenvalue weighted by atomic mass is 14.8. The van der Waals surface area contributed by atoms with Gasteiger partial charge in [0.15, 0.2) is 0 Å². The Morgan fingerprint density at radius 3 is 2.32 bits per heavy atom. The van der Waals surface area contributed by atoms with Gasteiger partial charge in [0.25, 0.3) is 0 Å². The van der Waals surface area contributed by atoms with E-state index in [1.54, 1.807) is 0 Å². The summed E-state index contributed by atoms with van der Waals surface area (Å²) >= 11 is 0. The molecule has 0 saturated heterocycles. The molecule has 2 aromatic rings. The SMILES string of the molecule is CCc1cc(C)cc(CC)c1N=C1CCCc2ccc(C(C)C)nc21. The van der Waals surface area contributed by atoms with Crippen LogP contribution >= 0.6 is 0 Å². The van der Waals surface area contributed by atoms with Crippen LogP contribution in [-0.2, 0) is 19.3 Å². The Morgan fingerprint density at radius 2 is 1.72 bits per heavy atom. The maximum atomic E-state index is 5.20. The number of aryl methyl sites for hydroxylation is 4. The number of rotatable bonds is 4. The number of aliphatic imine (C=N–C) groups is 1. The molecule has 132 valence electrons. The molecular formula is C23H30N2. The van der Waals surface area contributed by atoms with Crippen LogP contribution in [0.3, 0.4) is 0 Å². The predicted octanol–water partition coefficient (Wildman–Crippen LogP) is 6.10. The first-order valence-electron chi connectivity index (χ1n) is 9.73. The summed E-state index contributed by atoms with van der Waals surface area (Å²) in [5.41, 5.74) is 10.1. The first kappa shape index (κ1) is 17.8. The highest BCUT2D eigenvalue weighted by Gasteiger charge is 2.19.